The lowest BCUT2D eigenvalue weighted by Crippen LogP contribution is -2.30. The van der Waals surface area contributed by atoms with E-state index in [2.05, 4.69) is 24.1 Å². The van der Waals surface area contributed by atoms with E-state index in [4.69, 9.17) is 11.6 Å². The van der Waals surface area contributed by atoms with Gasteiger partial charge in [-0.2, -0.15) is 0 Å². The highest BCUT2D eigenvalue weighted by molar-refractivity contribution is 6.31. The number of fused-ring (bicyclic) bond motifs is 1. The summed E-state index contributed by atoms with van der Waals surface area (Å²) in [6.45, 7) is 5.43. The van der Waals surface area contributed by atoms with Crippen LogP contribution in [-0.4, -0.2) is 16.9 Å². The average molecular weight is 371 g/mol. The Bertz CT molecular complexity index is 895. The Morgan fingerprint density at radius 2 is 2.08 bits per heavy atom. The van der Waals surface area contributed by atoms with Crippen LogP contribution in [0.5, 0.6) is 5.75 Å². The predicted octanol–water partition coefficient (Wildman–Crippen LogP) is 3.83. The molecule has 26 heavy (non-hydrogen) atoms. The molecule has 134 valence electrons. The fourth-order valence-corrected chi connectivity index (χ4v) is 3.49. The molecule has 0 aliphatic heterocycles. The third-order valence-corrected chi connectivity index (χ3v) is 4.93. The molecule has 2 aromatic rings. The maximum Gasteiger partial charge on any atom is 0.251 e. The van der Waals surface area contributed by atoms with Gasteiger partial charge in [0.2, 0.25) is 5.91 Å². The number of phenols is 1. The molecule has 6 heteroatoms. The van der Waals surface area contributed by atoms with Crippen molar-refractivity contribution in [3.63, 3.8) is 0 Å². The summed E-state index contributed by atoms with van der Waals surface area (Å²) in [5.74, 6) is -0.663. The van der Waals surface area contributed by atoms with E-state index in [9.17, 15) is 14.7 Å². The Labute approximate surface area is 156 Å². The Kier molecular flexibility index (Phi) is 5.00. The highest BCUT2D eigenvalue weighted by Crippen LogP contribution is 2.39. The van der Waals surface area contributed by atoms with E-state index in [1.807, 2.05) is 18.2 Å². The highest BCUT2D eigenvalue weighted by Gasteiger charge is 2.32. The van der Waals surface area contributed by atoms with Crippen molar-refractivity contribution in [2.24, 2.45) is 5.92 Å². The number of benzene rings is 2. The van der Waals surface area contributed by atoms with Crippen LogP contribution in [0.3, 0.4) is 0 Å². The second-order valence-corrected chi connectivity index (χ2v) is 6.77. The summed E-state index contributed by atoms with van der Waals surface area (Å²) in [5.41, 5.74) is 2.59. The standard InChI is InChI=1S/C20H19ClN2O3/c1-3-18(25)22-16-10-12(7-8-17(16)24)20(26)23-19-11(2)9-14-13(19)5-4-6-15(14)21/h3-8,10-11,19,24H,1,9H2,2H3,(H,22,25)(H,23,26)/t11-,19-/m1/s1. The minimum atomic E-state index is -0.467. The molecule has 5 nitrogen and oxygen atoms in total. The van der Waals surface area contributed by atoms with E-state index < -0.39 is 5.91 Å². The Morgan fingerprint density at radius 3 is 2.81 bits per heavy atom. The molecule has 0 heterocycles. The topological polar surface area (TPSA) is 78.4 Å². The first-order chi connectivity index (χ1) is 12.4. The van der Waals surface area contributed by atoms with Gasteiger partial charge in [-0.15, -0.1) is 0 Å². The van der Waals surface area contributed by atoms with Crippen molar-refractivity contribution in [3.05, 3.63) is 70.8 Å². The molecule has 0 saturated heterocycles. The van der Waals surface area contributed by atoms with Crippen molar-refractivity contribution in [2.45, 2.75) is 19.4 Å². The van der Waals surface area contributed by atoms with E-state index in [1.54, 1.807) is 0 Å². The van der Waals surface area contributed by atoms with Crippen LogP contribution in [0.25, 0.3) is 0 Å². The van der Waals surface area contributed by atoms with Crippen LogP contribution in [0.15, 0.2) is 49.1 Å². The molecule has 0 fully saturated rings. The minimum absolute atomic E-state index is 0.122. The van der Waals surface area contributed by atoms with Gasteiger partial charge in [-0.25, -0.2) is 0 Å². The monoisotopic (exact) mass is 370 g/mol. The molecular formula is C20H19ClN2O3. The zero-order valence-electron chi connectivity index (χ0n) is 14.3. The van der Waals surface area contributed by atoms with Crippen molar-refractivity contribution >= 4 is 29.1 Å². The van der Waals surface area contributed by atoms with Gasteiger partial charge in [-0.3, -0.25) is 9.59 Å². The van der Waals surface area contributed by atoms with E-state index in [0.717, 1.165) is 23.6 Å². The summed E-state index contributed by atoms with van der Waals surface area (Å²) in [5, 5.41) is 16.1. The Morgan fingerprint density at radius 1 is 1.31 bits per heavy atom. The molecule has 0 aromatic heterocycles. The molecule has 1 aliphatic rings. The quantitative estimate of drug-likeness (QED) is 0.565. The number of anilines is 1. The summed E-state index contributed by atoms with van der Waals surface area (Å²) in [6, 6.07) is 9.88. The van der Waals surface area contributed by atoms with Gasteiger partial charge in [-0.1, -0.05) is 37.2 Å². The molecule has 1 aliphatic carbocycles. The predicted molar refractivity (Wildman–Crippen MR) is 101 cm³/mol. The number of carbonyl (C=O) groups is 2. The van der Waals surface area contributed by atoms with Gasteiger partial charge in [-0.05, 0) is 53.8 Å². The van der Waals surface area contributed by atoms with Crippen LogP contribution in [0, 0.1) is 5.92 Å². The van der Waals surface area contributed by atoms with Crippen LogP contribution < -0.4 is 10.6 Å². The van der Waals surface area contributed by atoms with Gasteiger partial charge < -0.3 is 15.7 Å². The number of hydrogen-bond donors (Lipinski definition) is 3. The number of rotatable bonds is 4. The van der Waals surface area contributed by atoms with Gasteiger partial charge in [0.25, 0.3) is 5.91 Å². The normalized spacial score (nSPS) is 18.1. The first-order valence-electron chi connectivity index (χ1n) is 8.25. The van der Waals surface area contributed by atoms with Gasteiger partial charge >= 0.3 is 0 Å². The maximum absolute atomic E-state index is 12.7. The van der Waals surface area contributed by atoms with Gasteiger partial charge in [0.1, 0.15) is 5.75 Å². The number of hydrogen-bond acceptors (Lipinski definition) is 3. The molecule has 0 spiro atoms. The highest BCUT2D eigenvalue weighted by atomic mass is 35.5. The zero-order chi connectivity index (χ0) is 18.8. The van der Waals surface area contributed by atoms with Crippen LogP contribution in [0.2, 0.25) is 5.02 Å². The molecule has 2 atom stereocenters. The summed E-state index contributed by atoms with van der Waals surface area (Å²) in [7, 11) is 0. The molecule has 2 aromatic carbocycles. The van der Waals surface area contributed by atoms with Crippen molar-refractivity contribution in [1.29, 1.82) is 0 Å². The van der Waals surface area contributed by atoms with Crippen molar-refractivity contribution < 1.29 is 14.7 Å². The molecule has 3 N–H and O–H groups in total. The smallest absolute Gasteiger partial charge is 0.251 e. The molecule has 2 amide bonds. The first kappa shape index (κ1) is 18.0. The van der Waals surface area contributed by atoms with E-state index in [1.165, 1.54) is 18.2 Å². The fourth-order valence-electron chi connectivity index (χ4n) is 3.23. The second kappa shape index (κ2) is 7.22. The lowest BCUT2D eigenvalue weighted by Gasteiger charge is -2.19. The first-order valence-corrected chi connectivity index (χ1v) is 8.63. The summed E-state index contributed by atoms with van der Waals surface area (Å²) in [4.78, 5) is 24.2. The number of nitrogens with one attached hydrogen (secondary N) is 2. The lowest BCUT2D eigenvalue weighted by atomic mass is 10.0. The maximum atomic E-state index is 12.7. The van der Waals surface area contributed by atoms with Crippen LogP contribution in [0.1, 0.15) is 34.5 Å². The number of phenolic OH excluding ortho intramolecular Hbond substituents is 1. The minimum Gasteiger partial charge on any atom is -0.506 e. The Hall–Kier alpha value is -2.79. The van der Waals surface area contributed by atoms with E-state index in [-0.39, 0.29) is 29.3 Å². The van der Waals surface area contributed by atoms with Gasteiger partial charge in [0.05, 0.1) is 11.7 Å². The third-order valence-electron chi connectivity index (χ3n) is 4.57. The Balaban J connectivity index is 1.83. The van der Waals surface area contributed by atoms with Crippen molar-refractivity contribution in [2.75, 3.05) is 5.32 Å². The molecule has 0 radical (unpaired) electrons. The second-order valence-electron chi connectivity index (χ2n) is 6.37. The summed E-state index contributed by atoms with van der Waals surface area (Å²) < 4.78 is 0. The number of aromatic hydroxyl groups is 1. The zero-order valence-corrected chi connectivity index (χ0v) is 15.0. The molecule has 0 bridgehead atoms. The number of halogens is 1. The lowest BCUT2D eigenvalue weighted by molar-refractivity contribution is -0.111. The van der Waals surface area contributed by atoms with Gasteiger partial charge in [0.15, 0.2) is 0 Å². The average Bonchev–Trinajstić information content (AvgIpc) is 2.94. The number of amides is 2. The van der Waals surface area contributed by atoms with Crippen molar-refractivity contribution in [3.8, 4) is 5.75 Å². The van der Waals surface area contributed by atoms with Crippen LogP contribution >= 0.6 is 11.6 Å². The van der Waals surface area contributed by atoms with Gasteiger partial charge in [0, 0.05) is 10.6 Å². The van der Waals surface area contributed by atoms with Crippen molar-refractivity contribution in [1.82, 2.24) is 5.32 Å². The summed E-state index contributed by atoms with van der Waals surface area (Å²) in [6.07, 6.45) is 1.89. The molecule has 0 unspecified atom stereocenters. The van der Waals surface area contributed by atoms with E-state index >= 15 is 0 Å². The van der Waals surface area contributed by atoms with Crippen LogP contribution in [0.4, 0.5) is 5.69 Å². The third kappa shape index (κ3) is 3.44. The SMILES string of the molecule is C=CC(=O)Nc1cc(C(=O)N[C@H]2c3cccc(Cl)c3C[C@H]2C)ccc1O. The fraction of sp³-hybridized carbons (Fsp3) is 0.200. The van der Waals surface area contributed by atoms with E-state index in [0.29, 0.717) is 10.6 Å². The summed E-state index contributed by atoms with van der Waals surface area (Å²) >= 11 is 6.27. The number of carbonyl (C=O) groups excluding carboxylic acids is 2. The molecular weight excluding hydrogens is 352 g/mol. The largest absolute Gasteiger partial charge is 0.506 e. The van der Waals surface area contributed by atoms with Crippen LogP contribution in [-0.2, 0) is 11.2 Å². The molecule has 3 rings (SSSR count). The molecule has 0 saturated carbocycles.